The van der Waals surface area contributed by atoms with Gasteiger partial charge in [-0.15, -0.1) is 0 Å². The van der Waals surface area contributed by atoms with Gasteiger partial charge in [-0.25, -0.2) is 0 Å². The number of hydrogen-bond acceptors (Lipinski definition) is 3. The second kappa shape index (κ2) is 7.49. The average molecular weight is 357 g/mol. The first kappa shape index (κ1) is 16.6. The highest BCUT2D eigenvalue weighted by atomic mass is 35.5. The summed E-state index contributed by atoms with van der Waals surface area (Å²) in [7, 11) is 0. The van der Waals surface area contributed by atoms with Crippen LogP contribution < -0.4 is 10.7 Å². The lowest BCUT2D eigenvalue weighted by molar-refractivity contribution is -0.114. The molecule has 0 aliphatic rings. The Morgan fingerprint density at radius 2 is 1.68 bits per heavy atom. The third-order valence-electron chi connectivity index (χ3n) is 2.63. The van der Waals surface area contributed by atoms with E-state index in [1.807, 2.05) is 12.1 Å². The second-order valence-electron chi connectivity index (χ2n) is 4.42. The Bertz CT molecular complexity index is 691. The Morgan fingerprint density at radius 3 is 2.23 bits per heavy atom. The number of hydrazone groups is 1. The molecule has 2 rings (SSSR count). The van der Waals surface area contributed by atoms with E-state index in [-0.39, 0.29) is 5.91 Å². The van der Waals surface area contributed by atoms with Crippen LogP contribution in [0.15, 0.2) is 41.5 Å². The summed E-state index contributed by atoms with van der Waals surface area (Å²) in [6, 6.07) is 10.4. The van der Waals surface area contributed by atoms with Crippen molar-refractivity contribution in [2.75, 3.05) is 10.7 Å². The summed E-state index contributed by atoms with van der Waals surface area (Å²) in [6.45, 7) is 1.46. The SMILES string of the molecule is CC(=O)Nc1ccc(/C=N\Nc2c(Cl)cc(Cl)cc2Cl)cc1. The molecule has 4 nitrogen and oxygen atoms in total. The van der Waals surface area contributed by atoms with Gasteiger partial charge in [-0.2, -0.15) is 5.10 Å². The van der Waals surface area contributed by atoms with Crippen molar-refractivity contribution in [3.8, 4) is 0 Å². The summed E-state index contributed by atoms with van der Waals surface area (Å²) in [5.41, 5.74) is 4.84. The monoisotopic (exact) mass is 355 g/mol. The molecule has 114 valence electrons. The van der Waals surface area contributed by atoms with E-state index in [9.17, 15) is 4.79 Å². The molecule has 2 aromatic rings. The molecule has 0 fully saturated rings. The minimum atomic E-state index is -0.116. The Morgan fingerprint density at radius 1 is 1.09 bits per heavy atom. The predicted octanol–water partition coefficient (Wildman–Crippen LogP) is 5.05. The molecule has 7 heteroatoms. The van der Waals surface area contributed by atoms with Crippen molar-refractivity contribution in [2.45, 2.75) is 6.92 Å². The lowest BCUT2D eigenvalue weighted by atomic mass is 10.2. The molecule has 0 unspecified atom stereocenters. The van der Waals surface area contributed by atoms with E-state index in [2.05, 4.69) is 15.8 Å². The van der Waals surface area contributed by atoms with Crippen molar-refractivity contribution in [3.05, 3.63) is 57.0 Å². The predicted molar refractivity (Wildman–Crippen MR) is 93.4 cm³/mol. The van der Waals surface area contributed by atoms with Gasteiger partial charge in [0.2, 0.25) is 5.91 Å². The highest BCUT2D eigenvalue weighted by molar-refractivity contribution is 6.41. The first-order valence-corrected chi connectivity index (χ1v) is 7.40. The minimum absolute atomic E-state index is 0.116. The zero-order chi connectivity index (χ0) is 16.1. The highest BCUT2D eigenvalue weighted by Gasteiger charge is 2.06. The van der Waals surface area contributed by atoms with Gasteiger partial charge in [-0.1, -0.05) is 46.9 Å². The van der Waals surface area contributed by atoms with Crippen LogP contribution in [-0.2, 0) is 4.79 Å². The second-order valence-corrected chi connectivity index (χ2v) is 5.67. The van der Waals surface area contributed by atoms with Crippen molar-refractivity contribution in [3.63, 3.8) is 0 Å². The van der Waals surface area contributed by atoms with Gasteiger partial charge in [0.05, 0.1) is 21.9 Å². The molecule has 0 heterocycles. The van der Waals surface area contributed by atoms with Gasteiger partial charge >= 0.3 is 0 Å². The smallest absolute Gasteiger partial charge is 0.221 e. The lowest BCUT2D eigenvalue weighted by Crippen LogP contribution is -2.05. The maximum Gasteiger partial charge on any atom is 0.221 e. The van der Waals surface area contributed by atoms with Crippen LogP contribution >= 0.6 is 34.8 Å². The molecule has 0 atom stereocenters. The van der Waals surface area contributed by atoms with E-state index in [1.54, 1.807) is 30.5 Å². The van der Waals surface area contributed by atoms with E-state index < -0.39 is 0 Å². The van der Waals surface area contributed by atoms with Crippen molar-refractivity contribution in [1.82, 2.24) is 0 Å². The number of rotatable bonds is 4. The standard InChI is InChI=1S/C15H12Cl3N3O/c1-9(22)20-12-4-2-10(3-5-12)8-19-21-15-13(17)6-11(16)7-14(15)18/h2-8,21H,1H3,(H,20,22)/b19-8-. The van der Waals surface area contributed by atoms with Crippen molar-refractivity contribution >= 4 is 58.3 Å². The number of halogens is 3. The molecule has 1 amide bonds. The van der Waals surface area contributed by atoms with E-state index in [0.29, 0.717) is 20.8 Å². The molecule has 0 saturated carbocycles. The minimum Gasteiger partial charge on any atom is -0.326 e. The quantitative estimate of drug-likeness (QED) is 0.595. The van der Waals surface area contributed by atoms with E-state index >= 15 is 0 Å². The summed E-state index contributed by atoms with van der Waals surface area (Å²) in [5, 5.41) is 7.99. The van der Waals surface area contributed by atoms with Crippen LogP contribution in [0.1, 0.15) is 12.5 Å². The third kappa shape index (κ3) is 4.63. The van der Waals surface area contributed by atoms with Gasteiger partial charge in [0.1, 0.15) is 0 Å². The molecule has 0 aliphatic heterocycles. The molecular weight excluding hydrogens is 345 g/mol. The normalized spacial score (nSPS) is 10.7. The van der Waals surface area contributed by atoms with Crippen molar-refractivity contribution in [1.29, 1.82) is 0 Å². The topological polar surface area (TPSA) is 53.5 Å². The Balaban J connectivity index is 2.05. The van der Waals surface area contributed by atoms with E-state index in [1.165, 1.54) is 6.92 Å². The molecule has 22 heavy (non-hydrogen) atoms. The number of nitrogens with zero attached hydrogens (tertiary/aromatic N) is 1. The van der Waals surface area contributed by atoms with Gasteiger partial charge < -0.3 is 5.32 Å². The van der Waals surface area contributed by atoms with Crippen LogP contribution in [0.25, 0.3) is 0 Å². The van der Waals surface area contributed by atoms with Crippen LogP contribution in [0.4, 0.5) is 11.4 Å². The number of hydrogen-bond donors (Lipinski definition) is 2. The summed E-state index contributed by atoms with van der Waals surface area (Å²) in [6.07, 6.45) is 1.61. The average Bonchev–Trinajstić information content (AvgIpc) is 2.43. The Kier molecular flexibility index (Phi) is 5.66. The molecular formula is C15H12Cl3N3O. The third-order valence-corrected chi connectivity index (χ3v) is 3.44. The Labute approximate surface area is 143 Å². The van der Waals surface area contributed by atoms with Crippen molar-refractivity contribution in [2.24, 2.45) is 5.10 Å². The number of carbonyl (C=O) groups is 1. The molecule has 0 saturated heterocycles. The molecule has 0 aliphatic carbocycles. The van der Waals surface area contributed by atoms with Crippen LogP contribution in [0, 0.1) is 0 Å². The summed E-state index contributed by atoms with van der Waals surface area (Å²) >= 11 is 17.9. The molecule has 0 aromatic heterocycles. The van der Waals surface area contributed by atoms with E-state index in [4.69, 9.17) is 34.8 Å². The van der Waals surface area contributed by atoms with Gasteiger partial charge in [0.15, 0.2) is 0 Å². The van der Waals surface area contributed by atoms with Gasteiger partial charge in [0.25, 0.3) is 0 Å². The number of amides is 1. The highest BCUT2D eigenvalue weighted by Crippen LogP contribution is 2.33. The Hall–Kier alpha value is -1.75. The molecule has 2 N–H and O–H groups in total. The zero-order valence-corrected chi connectivity index (χ0v) is 13.8. The van der Waals surface area contributed by atoms with Crippen LogP contribution in [-0.4, -0.2) is 12.1 Å². The number of anilines is 2. The zero-order valence-electron chi connectivity index (χ0n) is 11.5. The largest absolute Gasteiger partial charge is 0.326 e. The van der Waals surface area contributed by atoms with Gasteiger partial charge in [-0.3, -0.25) is 10.2 Å². The maximum absolute atomic E-state index is 10.9. The molecule has 0 radical (unpaired) electrons. The number of benzene rings is 2. The number of nitrogens with one attached hydrogen (secondary N) is 2. The van der Waals surface area contributed by atoms with Gasteiger partial charge in [0, 0.05) is 17.6 Å². The fraction of sp³-hybridized carbons (Fsp3) is 0.0667. The molecule has 2 aromatic carbocycles. The van der Waals surface area contributed by atoms with Crippen LogP contribution in [0.3, 0.4) is 0 Å². The first-order chi connectivity index (χ1) is 10.5. The summed E-state index contributed by atoms with van der Waals surface area (Å²) < 4.78 is 0. The van der Waals surface area contributed by atoms with Crippen LogP contribution in [0.2, 0.25) is 15.1 Å². The van der Waals surface area contributed by atoms with Crippen LogP contribution in [0.5, 0.6) is 0 Å². The lowest BCUT2D eigenvalue weighted by Gasteiger charge is -2.06. The fourth-order valence-corrected chi connectivity index (χ4v) is 2.58. The number of carbonyl (C=O) groups excluding carboxylic acids is 1. The van der Waals surface area contributed by atoms with Crippen molar-refractivity contribution < 1.29 is 4.79 Å². The van der Waals surface area contributed by atoms with Gasteiger partial charge in [-0.05, 0) is 29.8 Å². The summed E-state index contributed by atoms with van der Waals surface area (Å²) in [4.78, 5) is 10.9. The maximum atomic E-state index is 10.9. The fourth-order valence-electron chi connectivity index (χ4n) is 1.68. The van der Waals surface area contributed by atoms with E-state index in [0.717, 1.165) is 11.3 Å². The molecule has 0 bridgehead atoms. The summed E-state index contributed by atoms with van der Waals surface area (Å²) in [5.74, 6) is -0.116. The first-order valence-electron chi connectivity index (χ1n) is 6.27. The molecule has 0 spiro atoms.